The summed E-state index contributed by atoms with van der Waals surface area (Å²) in [7, 11) is 0. The minimum atomic E-state index is -0.167. The van der Waals surface area contributed by atoms with E-state index in [-0.39, 0.29) is 28.6 Å². The molecule has 1 aromatic heterocycles. The third-order valence-corrected chi connectivity index (χ3v) is 4.33. The van der Waals surface area contributed by atoms with Crippen LogP contribution >= 0.6 is 0 Å². The molecule has 1 unspecified atom stereocenters. The lowest BCUT2D eigenvalue weighted by atomic mass is 9.87. The lowest BCUT2D eigenvalue weighted by molar-refractivity contribution is 0.0672. The van der Waals surface area contributed by atoms with Gasteiger partial charge in [0, 0.05) is 18.7 Å². The van der Waals surface area contributed by atoms with Crippen molar-refractivity contribution in [1.82, 2.24) is 4.90 Å². The molecule has 0 saturated carbocycles. The smallest absolute Gasteiger partial charge is 0.289 e. The third kappa shape index (κ3) is 3.31. The molecule has 0 spiro atoms. The van der Waals surface area contributed by atoms with Gasteiger partial charge in [0.15, 0.2) is 11.2 Å². The molecule has 3 rings (SSSR count). The lowest BCUT2D eigenvalue weighted by Gasteiger charge is -2.30. The van der Waals surface area contributed by atoms with Crippen LogP contribution in [0.15, 0.2) is 39.5 Å². The molecule has 1 aromatic carbocycles. The van der Waals surface area contributed by atoms with Crippen LogP contribution in [0.1, 0.15) is 50.6 Å². The first-order chi connectivity index (χ1) is 10.8. The molecule has 1 amide bonds. The van der Waals surface area contributed by atoms with Gasteiger partial charge >= 0.3 is 0 Å². The van der Waals surface area contributed by atoms with Crippen LogP contribution in [0.3, 0.4) is 0 Å². The minimum Gasteiger partial charge on any atom is -0.451 e. The zero-order valence-corrected chi connectivity index (χ0v) is 14.0. The molecule has 1 fully saturated rings. The van der Waals surface area contributed by atoms with E-state index in [1.54, 1.807) is 24.3 Å². The van der Waals surface area contributed by atoms with E-state index < -0.39 is 0 Å². The normalized spacial score (nSPS) is 18.6. The first-order valence-corrected chi connectivity index (χ1v) is 8.19. The molecule has 2 heterocycles. The maximum absolute atomic E-state index is 12.8. The van der Waals surface area contributed by atoms with Crippen LogP contribution in [0.5, 0.6) is 0 Å². The zero-order valence-electron chi connectivity index (χ0n) is 14.0. The van der Waals surface area contributed by atoms with Crippen molar-refractivity contribution >= 4 is 16.9 Å². The molecule has 4 nitrogen and oxygen atoms in total. The number of amides is 1. The number of nitrogens with zero attached hydrogens (tertiary/aromatic N) is 1. The second-order valence-electron chi connectivity index (χ2n) is 7.53. The summed E-state index contributed by atoms with van der Waals surface area (Å²) < 4.78 is 5.70. The summed E-state index contributed by atoms with van der Waals surface area (Å²) in [5.41, 5.74) is 0.467. The molecule has 1 saturated heterocycles. The Morgan fingerprint density at radius 1 is 1.30 bits per heavy atom. The number of para-hydroxylation sites is 1. The largest absolute Gasteiger partial charge is 0.451 e. The number of likely N-dealkylation sites (tertiary alicyclic amines) is 1. The second-order valence-corrected chi connectivity index (χ2v) is 7.53. The van der Waals surface area contributed by atoms with Gasteiger partial charge in [0.1, 0.15) is 5.58 Å². The average Bonchev–Trinajstić information content (AvgIpc) is 2.92. The van der Waals surface area contributed by atoms with Crippen LogP contribution in [0.4, 0.5) is 0 Å². The van der Waals surface area contributed by atoms with Crippen LogP contribution in [-0.2, 0) is 0 Å². The highest BCUT2D eigenvalue weighted by molar-refractivity contribution is 5.93. The maximum atomic E-state index is 12.8. The van der Waals surface area contributed by atoms with Gasteiger partial charge in [0.2, 0.25) is 0 Å². The topological polar surface area (TPSA) is 50.5 Å². The number of fused-ring (bicyclic) bond motifs is 1. The molecule has 23 heavy (non-hydrogen) atoms. The van der Waals surface area contributed by atoms with Crippen molar-refractivity contribution in [3.8, 4) is 0 Å². The zero-order chi connectivity index (χ0) is 16.6. The molecule has 0 bridgehead atoms. The Kier molecular flexibility index (Phi) is 4.00. The Bertz CT molecular complexity index is 785. The maximum Gasteiger partial charge on any atom is 0.289 e. The quantitative estimate of drug-likeness (QED) is 0.846. The fourth-order valence-electron chi connectivity index (χ4n) is 3.37. The van der Waals surface area contributed by atoms with Gasteiger partial charge in [-0.15, -0.1) is 0 Å². The van der Waals surface area contributed by atoms with Crippen LogP contribution in [-0.4, -0.2) is 23.4 Å². The Morgan fingerprint density at radius 3 is 2.78 bits per heavy atom. The number of benzene rings is 1. The van der Waals surface area contributed by atoms with Crippen molar-refractivity contribution in [3.05, 3.63) is 46.3 Å². The average molecular weight is 313 g/mol. The Morgan fingerprint density at radius 2 is 2.04 bits per heavy atom. The molecule has 122 valence electrons. The molecule has 1 aliphatic heterocycles. The van der Waals surface area contributed by atoms with Crippen molar-refractivity contribution < 1.29 is 9.21 Å². The summed E-state index contributed by atoms with van der Waals surface area (Å²) in [6.07, 6.45) is 2.97. The molecule has 0 aliphatic carbocycles. The van der Waals surface area contributed by atoms with Gasteiger partial charge in [-0.1, -0.05) is 32.9 Å². The summed E-state index contributed by atoms with van der Waals surface area (Å²) in [4.78, 5) is 26.9. The van der Waals surface area contributed by atoms with E-state index >= 15 is 0 Å². The Balaban J connectivity index is 1.92. The first-order valence-electron chi connectivity index (χ1n) is 8.19. The van der Waals surface area contributed by atoms with E-state index in [4.69, 9.17) is 4.42 Å². The van der Waals surface area contributed by atoms with Gasteiger partial charge in [0.25, 0.3) is 5.91 Å². The lowest BCUT2D eigenvalue weighted by Crippen LogP contribution is -2.38. The fraction of sp³-hybridized carbons (Fsp3) is 0.474. The van der Waals surface area contributed by atoms with E-state index in [9.17, 15) is 9.59 Å². The number of rotatable bonds is 2. The van der Waals surface area contributed by atoms with E-state index in [0.717, 1.165) is 25.8 Å². The summed E-state index contributed by atoms with van der Waals surface area (Å²) in [6, 6.07) is 8.59. The van der Waals surface area contributed by atoms with Crippen molar-refractivity contribution in [3.63, 3.8) is 0 Å². The molecule has 2 aromatic rings. The predicted molar refractivity (Wildman–Crippen MR) is 90.6 cm³/mol. The molecule has 0 radical (unpaired) electrons. The van der Waals surface area contributed by atoms with E-state index in [1.165, 1.54) is 6.07 Å². The number of hydrogen-bond donors (Lipinski definition) is 0. The van der Waals surface area contributed by atoms with E-state index in [1.807, 2.05) is 4.90 Å². The fourth-order valence-corrected chi connectivity index (χ4v) is 3.37. The number of carbonyl (C=O) groups excluding carboxylic acids is 1. The monoisotopic (exact) mass is 313 g/mol. The molecule has 4 heteroatoms. The molecular formula is C19H23NO3. The van der Waals surface area contributed by atoms with Crippen LogP contribution < -0.4 is 5.43 Å². The molecule has 0 N–H and O–H groups in total. The van der Waals surface area contributed by atoms with E-state index in [2.05, 4.69) is 20.8 Å². The predicted octanol–water partition coefficient (Wildman–Crippen LogP) is 3.83. The van der Waals surface area contributed by atoms with Gasteiger partial charge in [0.05, 0.1) is 5.39 Å². The van der Waals surface area contributed by atoms with E-state index in [0.29, 0.717) is 11.0 Å². The van der Waals surface area contributed by atoms with Gasteiger partial charge < -0.3 is 9.32 Å². The minimum absolute atomic E-state index is 0.148. The summed E-state index contributed by atoms with van der Waals surface area (Å²) in [5.74, 6) is -0.0193. The summed E-state index contributed by atoms with van der Waals surface area (Å²) in [5, 5.41) is 0.511. The number of hydrogen-bond acceptors (Lipinski definition) is 3. The first kappa shape index (κ1) is 15.8. The Labute approximate surface area is 136 Å². The highest BCUT2D eigenvalue weighted by Crippen LogP contribution is 2.31. The highest BCUT2D eigenvalue weighted by atomic mass is 16.3. The summed E-state index contributed by atoms with van der Waals surface area (Å²) in [6.45, 7) is 7.29. The van der Waals surface area contributed by atoms with Gasteiger partial charge in [-0.2, -0.15) is 0 Å². The van der Waals surface area contributed by atoms with Gasteiger partial charge in [-0.3, -0.25) is 9.59 Å². The second kappa shape index (κ2) is 5.84. The molecule has 1 atom stereocenters. The van der Waals surface area contributed by atoms with Crippen LogP contribution in [0.25, 0.3) is 11.0 Å². The number of carbonyl (C=O) groups is 1. The third-order valence-electron chi connectivity index (χ3n) is 4.33. The van der Waals surface area contributed by atoms with Crippen molar-refractivity contribution in [2.45, 2.75) is 46.1 Å². The van der Waals surface area contributed by atoms with Crippen molar-refractivity contribution in [2.24, 2.45) is 5.41 Å². The standard InChI is InChI=1S/C19H23NO3/c1-19(2,3)12-13-7-6-10-20(13)18(22)17-11-15(21)14-8-4-5-9-16(14)23-17/h4-5,8-9,11,13H,6-7,10,12H2,1-3H3. The van der Waals surface area contributed by atoms with Crippen LogP contribution in [0.2, 0.25) is 0 Å². The Hall–Kier alpha value is -2.10. The molecular weight excluding hydrogens is 290 g/mol. The summed E-state index contributed by atoms with van der Waals surface area (Å²) >= 11 is 0. The van der Waals surface area contributed by atoms with Crippen molar-refractivity contribution in [2.75, 3.05) is 6.54 Å². The van der Waals surface area contributed by atoms with Gasteiger partial charge in [-0.25, -0.2) is 0 Å². The van der Waals surface area contributed by atoms with Crippen LogP contribution in [0, 0.1) is 5.41 Å². The SMILES string of the molecule is CC(C)(C)CC1CCCN1C(=O)c1cc(=O)c2ccccc2o1. The van der Waals surface area contributed by atoms with Gasteiger partial charge in [-0.05, 0) is 36.8 Å². The highest BCUT2D eigenvalue weighted by Gasteiger charge is 2.33. The van der Waals surface area contributed by atoms with Crippen molar-refractivity contribution in [1.29, 1.82) is 0 Å². The molecule has 1 aliphatic rings.